The summed E-state index contributed by atoms with van der Waals surface area (Å²) in [6.07, 6.45) is 2.20. The van der Waals surface area contributed by atoms with Gasteiger partial charge in [0.2, 0.25) is 0 Å². The van der Waals surface area contributed by atoms with E-state index in [0.717, 1.165) is 19.4 Å². The zero-order chi connectivity index (χ0) is 12.4. The van der Waals surface area contributed by atoms with E-state index in [1.54, 1.807) is 14.0 Å². The van der Waals surface area contributed by atoms with E-state index in [2.05, 4.69) is 10.4 Å². The topological polar surface area (TPSA) is 56.2 Å². The molecule has 5 nitrogen and oxygen atoms in total. The summed E-state index contributed by atoms with van der Waals surface area (Å²) in [7, 11) is 1.71. The molecule has 6 heteroatoms. The predicted octanol–water partition coefficient (Wildman–Crippen LogP) is 1.29. The first-order chi connectivity index (χ1) is 8.09. The molecule has 1 N–H and O–H groups in total. The number of halogens is 1. The number of aromatic nitrogens is 2. The van der Waals surface area contributed by atoms with E-state index >= 15 is 0 Å². The van der Waals surface area contributed by atoms with Gasteiger partial charge in [0.1, 0.15) is 5.15 Å². The van der Waals surface area contributed by atoms with Crippen LogP contribution in [-0.2, 0) is 11.8 Å². The largest absolute Gasteiger partial charge is 0.376 e. The van der Waals surface area contributed by atoms with Crippen molar-refractivity contribution in [2.45, 2.75) is 25.9 Å². The Morgan fingerprint density at radius 1 is 1.71 bits per heavy atom. The molecule has 1 aliphatic rings. The number of hydrogen-bond donors (Lipinski definition) is 1. The van der Waals surface area contributed by atoms with Crippen molar-refractivity contribution in [1.82, 2.24) is 15.1 Å². The fraction of sp³-hybridized carbons (Fsp3) is 0.636. The van der Waals surface area contributed by atoms with Crippen LogP contribution in [-0.4, -0.2) is 34.9 Å². The molecule has 0 saturated carbocycles. The summed E-state index contributed by atoms with van der Waals surface area (Å²) in [4.78, 5) is 12.0. The minimum Gasteiger partial charge on any atom is -0.376 e. The molecular formula is C11H16ClN3O2. The van der Waals surface area contributed by atoms with Gasteiger partial charge in [-0.25, -0.2) is 0 Å². The van der Waals surface area contributed by atoms with Gasteiger partial charge in [0.15, 0.2) is 0 Å². The van der Waals surface area contributed by atoms with Gasteiger partial charge >= 0.3 is 0 Å². The highest BCUT2D eigenvalue weighted by molar-refractivity contribution is 6.33. The molecule has 1 aromatic heterocycles. The average molecular weight is 258 g/mol. The van der Waals surface area contributed by atoms with E-state index in [-0.39, 0.29) is 12.0 Å². The number of nitrogens with one attached hydrogen (secondary N) is 1. The van der Waals surface area contributed by atoms with Crippen LogP contribution in [0.1, 0.15) is 28.9 Å². The molecule has 1 unspecified atom stereocenters. The van der Waals surface area contributed by atoms with E-state index < -0.39 is 0 Å². The number of rotatable bonds is 3. The molecule has 0 bridgehead atoms. The molecule has 0 aliphatic carbocycles. The van der Waals surface area contributed by atoms with Crippen molar-refractivity contribution in [1.29, 1.82) is 0 Å². The first kappa shape index (κ1) is 12.4. The number of hydrogen-bond acceptors (Lipinski definition) is 3. The van der Waals surface area contributed by atoms with Gasteiger partial charge in [-0.15, -0.1) is 0 Å². The van der Waals surface area contributed by atoms with Crippen LogP contribution in [0.3, 0.4) is 0 Å². The summed E-state index contributed by atoms with van der Waals surface area (Å²) < 4.78 is 6.93. The second kappa shape index (κ2) is 5.06. The molecule has 0 spiro atoms. The fourth-order valence-electron chi connectivity index (χ4n) is 1.99. The van der Waals surface area contributed by atoms with Crippen molar-refractivity contribution in [3.8, 4) is 0 Å². The van der Waals surface area contributed by atoms with Crippen LogP contribution in [0.5, 0.6) is 0 Å². The monoisotopic (exact) mass is 257 g/mol. The van der Waals surface area contributed by atoms with Gasteiger partial charge in [-0.3, -0.25) is 9.48 Å². The highest BCUT2D eigenvalue weighted by Gasteiger charge is 2.21. The summed E-state index contributed by atoms with van der Waals surface area (Å²) in [6, 6.07) is 0. The van der Waals surface area contributed by atoms with Crippen LogP contribution in [0.2, 0.25) is 5.15 Å². The number of aryl methyl sites for hydroxylation is 2. The Balaban J connectivity index is 1.99. The zero-order valence-corrected chi connectivity index (χ0v) is 10.8. The van der Waals surface area contributed by atoms with Crippen molar-refractivity contribution in [2.75, 3.05) is 13.2 Å². The van der Waals surface area contributed by atoms with E-state index in [1.165, 1.54) is 4.68 Å². The lowest BCUT2D eigenvalue weighted by molar-refractivity contribution is 0.0857. The van der Waals surface area contributed by atoms with E-state index in [1.807, 2.05) is 0 Å². The minimum atomic E-state index is -0.184. The quantitative estimate of drug-likeness (QED) is 0.888. The molecule has 1 fully saturated rings. The highest BCUT2D eigenvalue weighted by Crippen LogP contribution is 2.18. The number of carbonyl (C=O) groups excluding carboxylic acids is 1. The smallest absolute Gasteiger partial charge is 0.256 e. The zero-order valence-electron chi connectivity index (χ0n) is 9.99. The first-order valence-corrected chi connectivity index (χ1v) is 6.06. The van der Waals surface area contributed by atoms with E-state index in [0.29, 0.717) is 23.0 Å². The van der Waals surface area contributed by atoms with Crippen molar-refractivity contribution in [2.24, 2.45) is 7.05 Å². The third kappa shape index (κ3) is 2.61. The molecule has 2 rings (SSSR count). The Hall–Kier alpha value is -1.07. The molecule has 1 atom stereocenters. The third-order valence-corrected chi connectivity index (χ3v) is 3.33. The molecule has 1 aliphatic heterocycles. The van der Waals surface area contributed by atoms with Gasteiger partial charge in [-0.2, -0.15) is 5.10 Å². The average Bonchev–Trinajstić information content (AvgIpc) is 2.86. The predicted molar refractivity (Wildman–Crippen MR) is 64.3 cm³/mol. The van der Waals surface area contributed by atoms with Crippen LogP contribution < -0.4 is 5.32 Å². The van der Waals surface area contributed by atoms with Crippen LogP contribution in [0.4, 0.5) is 0 Å². The molecule has 17 heavy (non-hydrogen) atoms. The SMILES string of the molecule is Cc1nn(C)c(Cl)c1C(=O)NCC1CCCO1. The van der Waals surface area contributed by atoms with Crippen LogP contribution in [0, 0.1) is 6.92 Å². The minimum absolute atomic E-state index is 0.134. The number of carbonyl (C=O) groups is 1. The Labute approximate surface area is 105 Å². The summed E-state index contributed by atoms with van der Waals surface area (Å²) >= 11 is 6.01. The lowest BCUT2D eigenvalue weighted by Gasteiger charge is -2.10. The van der Waals surface area contributed by atoms with Gasteiger partial charge in [0.05, 0.1) is 17.4 Å². The first-order valence-electron chi connectivity index (χ1n) is 5.68. The Bertz CT molecular complexity index is 425. The molecule has 1 saturated heterocycles. The van der Waals surface area contributed by atoms with Crippen LogP contribution >= 0.6 is 11.6 Å². The van der Waals surface area contributed by atoms with Gasteiger partial charge in [0, 0.05) is 20.2 Å². The summed E-state index contributed by atoms with van der Waals surface area (Å²) in [5.74, 6) is -0.184. The standard InChI is InChI=1S/C11H16ClN3O2/c1-7-9(10(12)15(2)14-7)11(16)13-6-8-4-3-5-17-8/h8H,3-6H2,1-2H3,(H,13,16). The van der Waals surface area contributed by atoms with E-state index in [9.17, 15) is 4.79 Å². The van der Waals surface area contributed by atoms with Crippen LogP contribution in [0.15, 0.2) is 0 Å². The molecule has 1 aromatic rings. The Morgan fingerprint density at radius 3 is 3.00 bits per heavy atom. The summed E-state index contributed by atoms with van der Waals surface area (Å²) in [5.41, 5.74) is 1.09. The van der Waals surface area contributed by atoms with Gasteiger partial charge in [-0.05, 0) is 19.8 Å². The van der Waals surface area contributed by atoms with E-state index in [4.69, 9.17) is 16.3 Å². The second-order valence-electron chi connectivity index (χ2n) is 4.22. The van der Waals surface area contributed by atoms with Crippen molar-refractivity contribution in [3.05, 3.63) is 16.4 Å². The Kier molecular flexibility index (Phi) is 3.69. The second-order valence-corrected chi connectivity index (χ2v) is 4.58. The number of amides is 1. The maximum Gasteiger partial charge on any atom is 0.256 e. The van der Waals surface area contributed by atoms with Crippen molar-refractivity contribution >= 4 is 17.5 Å². The number of nitrogens with zero attached hydrogens (tertiary/aromatic N) is 2. The van der Waals surface area contributed by atoms with Gasteiger partial charge < -0.3 is 10.1 Å². The maximum absolute atomic E-state index is 12.0. The third-order valence-electron chi connectivity index (χ3n) is 2.89. The molecule has 2 heterocycles. The lowest BCUT2D eigenvalue weighted by Crippen LogP contribution is -2.32. The Morgan fingerprint density at radius 2 is 2.47 bits per heavy atom. The number of ether oxygens (including phenoxy) is 1. The van der Waals surface area contributed by atoms with Crippen molar-refractivity contribution < 1.29 is 9.53 Å². The normalized spacial score (nSPS) is 19.6. The molecule has 0 radical (unpaired) electrons. The lowest BCUT2D eigenvalue weighted by atomic mass is 10.2. The van der Waals surface area contributed by atoms with Gasteiger partial charge in [0.25, 0.3) is 5.91 Å². The van der Waals surface area contributed by atoms with Gasteiger partial charge in [-0.1, -0.05) is 11.6 Å². The summed E-state index contributed by atoms with van der Waals surface area (Å²) in [5, 5.41) is 7.31. The molecule has 1 amide bonds. The molecular weight excluding hydrogens is 242 g/mol. The molecule has 94 valence electrons. The fourth-order valence-corrected chi connectivity index (χ4v) is 2.25. The van der Waals surface area contributed by atoms with Crippen LogP contribution in [0.25, 0.3) is 0 Å². The maximum atomic E-state index is 12.0. The highest BCUT2D eigenvalue weighted by atomic mass is 35.5. The summed E-state index contributed by atoms with van der Waals surface area (Å²) in [6.45, 7) is 3.09. The van der Waals surface area contributed by atoms with Crippen molar-refractivity contribution in [3.63, 3.8) is 0 Å². The molecule has 0 aromatic carbocycles.